The Morgan fingerprint density at radius 1 is 0.829 bits per heavy atom. The Bertz CT molecular complexity index is 2160. The predicted molar refractivity (Wildman–Crippen MR) is 164 cm³/mol. The fourth-order valence-corrected chi connectivity index (χ4v) is 7.80. The van der Waals surface area contributed by atoms with Crippen molar-refractivity contribution in [1.29, 1.82) is 0 Å². The van der Waals surface area contributed by atoms with Crippen molar-refractivity contribution in [2.45, 2.75) is 46.2 Å². The quantitative estimate of drug-likeness (QED) is 0.197. The van der Waals surface area contributed by atoms with Crippen LogP contribution in [0.3, 0.4) is 0 Å². The topological polar surface area (TPSA) is 20.9 Å². The molecule has 0 radical (unpaired) electrons. The maximum atomic E-state index is 6.96. The van der Waals surface area contributed by atoms with Crippen molar-refractivity contribution < 1.29 is 13.6 Å². The average Bonchev–Trinajstić information content (AvgIpc) is 3.69. The third-order valence-corrected chi connectivity index (χ3v) is 9.32. The van der Waals surface area contributed by atoms with E-state index in [4.69, 9.17) is 4.42 Å². The fourth-order valence-electron chi connectivity index (χ4n) is 7.80. The lowest BCUT2D eigenvalue weighted by atomic mass is 9.88. The molecule has 3 aromatic carbocycles. The maximum absolute atomic E-state index is 6.96. The first kappa shape index (κ1) is 23.2. The number of aryl methyl sites for hydroxylation is 1. The van der Waals surface area contributed by atoms with Crippen molar-refractivity contribution in [3.63, 3.8) is 0 Å². The molecule has 0 saturated carbocycles. The summed E-state index contributed by atoms with van der Waals surface area (Å²) in [7, 11) is 0. The zero-order valence-electron chi connectivity index (χ0n) is 24.0. The van der Waals surface area contributed by atoms with E-state index in [2.05, 4.69) is 134 Å². The van der Waals surface area contributed by atoms with Crippen LogP contribution in [0.25, 0.3) is 50.5 Å². The minimum Gasteiger partial charge on any atom is -0.454 e. The number of rotatable bonds is 1. The molecule has 1 spiro atoms. The maximum Gasteiger partial charge on any atom is 0.417 e. The molecule has 1 unspecified atom stereocenters. The van der Waals surface area contributed by atoms with Gasteiger partial charge in [0.15, 0.2) is 12.4 Å². The Kier molecular flexibility index (Phi) is 4.31. The lowest BCUT2D eigenvalue weighted by molar-refractivity contribution is -0.955. The molecule has 1 aliphatic carbocycles. The zero-order valence-corrected chi connectivity index (χ0v) is 24.0. The summed E-state index contributed by atoms with van der Waals surface area (Å²) in [6.45, 7) is 9.14. The van der Waals surface area contributed by atoms with Gasteiger partial charge < -0.3 is 4.42 Å². The molecule has 6 aromatic rings. The molecule has 41 heavy (non-hydrogen) atoms. The van der Waals surface area contributed by atoms with Gasteiger partial charge in [-0.05, 0) is 66.6 Å². The Hall–Kier alpha value is -4.50. The van der Waals surface area contributed by atoms with Gasteiger partial charge in [-0.15, -0.1) is 9.13 Å². The zero-order chi connectivity index (χ0) is 27.7. The molecule has 0 bridgehead atoms. The van der Waals surface area contributed by atoms with Crippen molar-refractivity contribution in [3.05, 3.63) is 125 Å². The first-order valence-corrected chi connectivity index (χ1v) is 14.7. The SMILES string of the molecule is Cc1ccc2[n+](c1)C1(c3ccccc3-2)c2ccc3c(oc4c5c(ccc43)CC=C5)c2-c2cc(CC(C)(C)C)cc[n+]21. The normalized spacial score (nSPS) is 17.8. The lowest BCUT2D eigenvalue weighted by Gasteiger charge is -2.19. The van der Waals surface area contributed by atoms with Crippen molar-refractivity contribution in [2.75, 3.05) is 0 Å². The summed E-state index contributed by atoms with van der Waals surface area (Å²) < 4.78 is 12.0. The van der Waals surface area contributed by atoms with Crippen LogP contribution in [0.4, 0.5) is 0 Å². The second kappa shape index (κ2) is 7.61. The van der Waals surface area contributed by atoms with Crippen LogP contribution in [0.2, 0.25) is 0 Å². The molecule has 0 amide bonds. The van der Waals surface area contributed by atoms with Gasteiger partial charge in [0, 0.05) is 40.1 Å². The molecule has 198 valence electrons. The average molecular weight is 533 g/mol. The van der Waals surface area contributed by atoms with Crippen molar-refractivity contribution in [3.8, 4) is 22.5 Å². The van der Waals surface area contributed by atoms with Crippen LogP contribution in [0, 0.1) is 12.3 Å². The smallest absolute Gasteiger partial charge is 0.417 e. The highest BCUT2D eigenvalue weighted by atomic mass is 16.3. The molecule has 5 heterocycles. The van der Waals surface area contributed by atoms with E-state index >= 15 is 0 Å². The standard InChI is InChI=1S/C38H32N2O/c1-23-12-17-32-29-9-5-6-11-30(29)38(40(32)22-23)31-16-15-28-27-14-13-25-8-7-10-26(25)35(27)41-36(28)34(31)33-20-24(18-19-39(33)38)21-37(2,3)4/h5-7,9-20,22H,8,21H2,1-4H3/q+2. The number of benzene rings is 3. The molecule has 3 heteroatoms. The minimum atomic E-state index is -0.530. The van der Waals surface area contributed by atoms with E-state index in [-0.39, 0.29) is 5.41 Å². The summed E-state index contributed by atoms with van der Waals surface area (Å²) >= 11 is 0. The highest BCUT2D eigenvalue weighted by Crippen LogP contribution is 2.51. The molecule has 9 rings (SSSR count). The second-order valence-electron chi connectivity index (χ2n) is 13.3. The predicted octanol–water partition coefficient (Wildman–Crippen LogP) is 7.89. The second-order valence-corrected chi connectivity index (χ2v) is 13.3. The molecule has 3 aromatic heterocycles. The van der Waals surface area contributed by atoms with E-state index < -0.39 is 5.66 Å². The van der Waals surface area contributed by atoms with Crippen LogP contribution in [-0.4, -0.2) is 0 Å². The number of fused-ring (bicyclic) bond motifs is 16. The van der Waals surface area contributed by atoms with Gasteiger partial charge in [0.05, 0.1) is 5.56 Å². The van der Waals surface area contributed by atoms with E-state index in [1.54, 1.807) is 0 Å². The number of pyridine rings is 2. The largest absolute Gasteiger partial charge is 0.454 e. The number of nitrogens with zero attached hydrogens (tertiary/aromatic N) is 2. The third kappa shape index (κ3) is 2.89. The summed E-state index contributed by atoms with van der Waals surface area (Å²) in [5, 5.41) is 2.38. The van der Waals surface area contributed by atoms with Crippen LogP contribution in [0.5, 0.6) is 0 Å². The first-order valence-electron chi connectivity index (χ1n) is 14.7. The van der Waals surface area contributed by atoms with E-state index in [0.717, 1.165) is 24.0 Å². The van der Waals surface area contributed by atoms with Gasteiger partial charge >= 0.3 is 5.66 Å². The number of furan rings is 1. The molecule has 0 fully saturated rings. The molecular formula is C38H32N2O+2. The number of aromatic nitrogens is 2. The van der Waals surface area contributed by atoms with Crippen LogP contribution in [0.1, 0.15) is 54.2 Å². The highest BCUT2D eigenvalue weighted by Gasteiger charge is 2.67. The minimum absolute atomic E-state index is 0.189. The van der Waals surface area contributed by atoms with Crippen LogP contribution < -0.4 is 9.13 Å². The van der Waals surface area contributed by atoms with Gasteiger partial charge in [-0.2, -0.15) is 0 Å². The molecule has 3 nitrogen and oxygen atoms in total. The molecule has 0 saturated heterocycles. The molecule has 1 atom stereocenters. The van der Waals surface area contributed by atoms with E-state index in [0.29, 0.717) is 0 Å². The summed E-state index contributed by atoms with van der Waals surface area (Å²) in [6.07, 6.45) is 11.1. The molecule has 0 N–H and O–H groups in total. The van der Waals surface area contributed by atoms with Gasteiger partial charge in [-0.1, -0.05) is 57.2 Å². The molecule has 3 aliphatic rings. The summed E-state index contributed by atoms with van der Waals surface area (Å²) in [4.78, 5) is 0. The van der Waals surface area contributed by atoms with Gasteiger partial charge in [0.2, 0.25) is 11.4 Å². The Labute approximate surface area is 240 Å². The summed E-state index contributed by atoms with van der Waals surface area (Å²) in [5.41, 5.74) is 14.4. The fraction of sp³-hybridized carbons (Fsp3) is 0.211. The van der Waals surface area contributed by atoms with Gasteiger partial charge in [-0.3, -0.25) is 0 Å². The van der Waals surface area contributed by atoms with Crippen molar-refractivity contribution in [1.82, 2.24) is 0 Å². The van der Waals surface area contributed by atoms with Crippen molar-refractivity contribution in [2.24, 2.45) is 5.41 Å². The van der Waals surface area contributed by atoms with Gasteiger partial charge in [0.1, 0.15) is 27.9 Å². The number of hydrogen-bond acceptors (Lipinski definition) is 1. The number of allylic oxidation sites excluding steroid dienone is 1. The van der Waals surface area contributed by atoms with Gasteiger partial charge in [-0.25, -0.2) is 0 Å². The molecule has 2 aliphatic heterocycles. The van der Waals surface area contributed by atoms with Crippen LogP contribution in [0.15, 0.2) is 95.7 Å². The van der Waals surface area contributed by atoms with Gasteiger partial charge in [0.25, 0.3) is 0 Å². The van der Waals surface area contributed by atoms with Crippen LogP contribution >= 0.6 is 0 Å². The van der Waals surface area contributed by atoms with E-state index in [9.17, 15) is 0 Å². The summed E-state index contributed by atoms with van der Waals surface area (Å²) in [5.74, 6) is 0. The summed E-state index contributed by atoms with van der Waals surface area (Å²) in [6, 6.07) is 27.4. The Morgan fingerprint density at radius 3 is 2.54 bits per heavy atom. The number of hydrogen-bond donors (Lipinski definition) is 0. The Morgan fingerprint density at radius 2 is 1.66 bits per heavy atom. The van der Waals surface area contributed by atoms with E-state index in [1.165, 1.54) is 66.7 Å². The first-order chi connectivity index (χ1) is 19.8. The van der Waals surface area contributed by atoms with Crippen LogP contribution in [-0.2, 0) is 18.5 Å². The Balaban J connectivity index is 1.46. The monoisotopic (exact) mass is 532 g/mol. The lowest BCUT2D eigenvalue weighted by Crippen LogP contribution is -2.71. The third-order valence-electron chi connectivity index (χ3n) is 9.32. The van der Waals surface area contributed by atoms with Crippen molar-refractivity contribution >= 4 is 28.0 Å². The molecular weight excluding hydrogens is 500 g/mol. The van der Waals surface area contributed by atoms with E-state index in [1.807, 2.05) is 0 Å². The highest BCUT2D eigenvalue weighted by molar-refractivity contribution is 6.12.